The first-order valence-electron chi connectivity index (χ1n) is 7.97. The Hall–Kier alpha value is -3.49. The molecule has 3 aromatic carbocycles. The number of rotatable bonds is 5. The SMILES string of the molecule is O=C(O)c1cc(-c2ccccc2)c(C(=O)O)c(-c2ccccc2)c1S(=O)(=O)O. The molecule has 7 nitrogen and oxygen atoms in total. The molecule has 0 bridgehead atoms. The Morgan fingerprint density at radius 2 is 1.25 bits per heavy atom. The molecular formula is C20H14O7S. The summed E-state index contributed by atoms with van der Waals surface area (Å²) in [5.74, 6) is -3.07. The van der Waals surface area contributed by atoms with Crippen LogP contribution in [-0.2, 0) is 10.1 Å². The number of carboxylic acids is 2. The zero-order chi connectivity index (χ0) is 20.5. The van der Waals surface area contributed by atoms with E-state index in [-0.39, 0.29) is 16.7 Å². The fourth-order valence-corrected chi connectivity index (χ4v) is 3.94. The Morgan fingerprint density at radius 3 is 1.68 bits per heavy atom. The molecule has 0 spiro atoms. The predicted octanol–water partition coefficient (Wildman–Crippen LogP) is 3.66. The van der Waals surface area contributed by atoms with Crippen LogP contribution < -0.4 is 0 Å². The van der Waals surface area contributed by atoms with Crippen LogP contribution in [0.4, 0.5) is 0 Å². The molecule has 3 aromatic rings. The molecule has 0 atom stereocenters. The maximum atomic E-state index is 12.1. The minimum Gasteiger partial charge on any atom is -0.478 e. The lowest BCUT2D eigenvalue weighted by molar-refractivity contribution is 0.0679. The number of carbonyl (C=O) groups is 2. The van der Waals surface area contributed by atoms with Gasteiger partial charge in [-0.2, -0.15) is 8.42 Å². The number of hydrogen-bond acceptors (Lipinski definition) is 4. The molecule has 28 heavy (non-hydrogen) atoms. The first-order chi connectivity index (χ1) is 13.2. The van der Waals surface area contributed by atoms with Gasteiger partial charge in [-0.15, -0.1) is 0 Å². The highest BCUT2D eigenvalue weighted by Crippen LogP contribution is 2.39. The normalized spacial score (nSPS) is 11.2. The van der Waals surface area contributed by atoms with Gasteiger partial charge in [-0.3, -0.25) is 4.55 Å². The summed E-state index contributed by atoms with van der Waals surface area (Å²) in [5.41, 5.74) is -0.958. The standard InChI is InChI=1S/C20H14O7S/c21-19(22)15-11-14(12-7-3-1-4-8-12)17(20(23)24)16(18(15)28(25,26)27)13-9-5-2-6-10-13/h1-11H,(H,21,22)(H,23,24)(H,25,26,27). The van der Waals surface area contributed by atoms with Crippen molar-refractivity contribution in [2.75, 3.05) is 0 Å². The predicted molar refractivity (Wildman–Crippen MR) is 101 cm³/mol. The Morgan fingerprint density at radius 1 is 0.750 bits per heavy atom. The van der Waals surface area contributed by atoms with Gasteiger partial charge in [-0.1, -0.05) is 60.7 Å². The van der Waals surface area contributed by atoms with Crippen molar-refractivity contribution in [3.8, 4) is 22.3 Å². The fraction of sp³-hybridized carbons (Fsp3) is 0. The summed E-state index contributed by atoms with van der Waals surface area (Å²) in [7, 11) is -5.06. The van der Waals surface area contributed by atoms with Crippen molar-refractivity contribution in [3.63, 3.8) is 0 Å². The van der Waals surface area contributed by atoms with E-state index in [2.05, 4.69) is 0 Å². The zero-order valence-electron chi connectivity index (χ0n) is 14.2. The van der Waals surface area contributed by atoms with Gasteiger partial charge in [0.25, 0.3) is 10.1 Å². The molecule has 0 heterocycles. The van der Waals surface area contributed by atoms with Gasteiger partial charge in [0.1, 0.15) is 4.90 Å². The van der Waals surface area contributed by atoms with Gasteiger partial charge in [0.05, 0.1) is 11.1 Å². The minimum atomic E-state index is -5.06. The molecule has 0 aliphatic rings. The van der Waals surface area contributed by atoms with Gasteiger partial charge in [0.15, 0.2) is 0 Å². The summed E-state index contributed by atoms with van der Waals surface area (Å²) in [6, 6.07) is 16.7. The molecule has 0 saturated carbocycles. The maximum Gasteiger partial charge on any atom is 0.337 e. The topological polar surface area (TPSA) is 129 Å². The number of benzene rings is 3. The molecule has 3 N–H and O–H groups in total. The minimum absolute atomic E-state index is 0.0248. The average Bonchev–Trinajstić information content (AvgIpc) is 2.66. The van der Waals surface area contributed by atoms with E-state index >= 15 is 0 Å². The maximum absolute atomic E-state index is 12.1. The van der Waals surface area contributed by atoms with Crippen molar-refractivity contribution in [2.24, 2.45) is 0 Å². The van der Waals surface area contributed by atoms with E-state index in [4.69, 9.17) is 0 Å². The molecular weight excluding hydrogens is 384 g/mol. The lowest BCUT2D eigenvalue weighted by atomic mass is 9.89. The van der Waals surface area contributed by atoms with Crippen LogP contribution in [0.2, 0.25) is 0 Å². The summed E-state index contributed by atoms with van der Waals surface area (Å²) in [4.78, 5) is 23.0. The van der Waals surface area contributed by atoms with Crippen molar-refractivity contribution in [3.05, 3.63) is 77.9 Å². The van der Waals surface area contributed by atoms with Gasteiger partial charge in [-0.05, 0) is 22.8 Å². The summed E-state index contributed by atoms with van der Waals surface area (Å²) in [6.45, 7) is 0. The lowest BCUT2D eigenvalue weighted by Crippen LogP contribution is -2.15. The molecule has 0 fully saturated rings. The van der Waals surface area contributed by atoms with E-state index in [1.54, 1.807) is 48.5 Å². The molecule has 0 unspecified atom stereocenters. The van der Waals surface area contributed by atoms with Gasteiger partial charge in [-0.25, -0.2) is 9.59 Å². The largest absolute Gasteiger partial charge is 0.478 e. The Balaban J connectivity index is 2.61. The highest BCUT2D eigenvalue weighted by atomic mass is 32.2. The molecule has 0 aliphatic carbocycles. The van der Waals surface area contributed by atoms with Crippen LogP contribution in [0.25, 0.3) is 22.3 Å². The van der Waals surface area contributed by atoms with Crippen LogP contribution >= 0.6 is 0 Å². The monoisotopic (exact) mass is 398 g/mol. The average molecular weight is 398 g/mol. The molecule has 0 aromatic heterocycles. The fourth-order valence-electron chi connectivity index (χ4n) is 3.04. The number of hydrogen-bond donors (Lipinski definition) is 3. The molecule has 142 valence electrons. The smallest absolute Gasteiger partial charge is 0.337 e. The Bertz CT molecular complexity index is 1170. The molecule has 0 saturated heterocycles. The van der Waals surface area contributed by atoms with Gasteiger partial charge < -0.3 is 10.2 Å². The van der Waals surface area contributed by atoms with Crippen LogP contribution in [0.3, 0.4) is 0 Å². The molecule has 0 radical (unpaired) electrons. The summed E-state index contributed by atoms with van der Waals surface area (Å²) in [5, 5.41) is 19.4. The summed E-state index contributed by atoms with van der Waals surface area (Å²) < 4.78 is 33.9. The van der Waals surface area contributed by atoms with Crippen molar-refractivity contribution in [2.45, 2.75) is 4.90 Å². The lowest BCUT2D eigenvalue weighted by Gasteiger charge is -2.18. The Labute approximate surface area is 160 Å². The Kier molecular flexibility index (Phi) is 5.00. The first-order valence-corrected chi connectivity index (χ1v) is 9.41. The summed E-state index contributed by atoms with van der Waals surface area (Å²) >= 11 is 0. The third-order valence-electron chi connectivity index (χ3n) is 4.13. The molecule has 3 rings (SSSR count). The first kappa shape index (κ1) is 19.3. The van der Waals surface area contributed by atoms with E-state index in [1.165, 1.54) is 12.1 Å². The van der Waals surface area contributed by atoms with Crippen molar-refractivity contribution >= 4 is 22.1 Å². The molecule has 8 heteroatoms. The van der Waals surface area contributed by atoms with E-state index in [0.717, 1.165) is 6.07 Å². The van der Waals surface area contributed by atoms with Gasteiger partial charge in [0, 0.05) is 5.56 Å². The van der Waals surface area contributed by atoms with Gasteiger partial charge in [0.2, 0.25) is 0 Å². The molecule has 0 aliphatic heterocycles. The van der Waals surface area contributed by atoms with E-state index < -0.39 is 38.1 Å². The van der Waals surface area contributed by atoms with Crippen LogP contribution in [0.15, 0.2) is 71.6 Å². The van der Waals surface area contributed by atoms with Crippen LogP contribution in [0.5, 0.6) is 0 Å². The van der Waals surface area contributed by atoms with Crippen molar-refractivity contribution in [1.29, 1.82) is 0 Å². The quantitative estimate of drug-likeness (QED) is 0.559. The van der Waals surface area contributed by atoms with Crippen LogP contribution in [0.1, 0.15) is 20.7 Å². The number of aromatic carboxylic acids is 2. The highest BCUT2D eigenvalue weighted by molar-refractivity contribution is 7.86. The second-order valence-corrected chi connectivity index (χ2v) is 7.23. The number of carboxylic acid groups (broad SMARTS) is 2. The molecule has 0 amide bonds. The van der Waals surface area contributed by atoms with E-state index in [9.17, 15) is 32.8 Å². The third-order valence-corrected chi connectivity index (χ3v) is 5.07. The second kappa shape index (κ2) is 7.26. The second-order valence-electron chi connectivity index (χ2n) is 5.87. The zero-order valence-corrected chi connectivity index (χ0v) is 15.1. The van der Waals surface area contributed by atoms with Crippen molar-refractivity contribution < 1.29 is 32.8 Å². The van der Waals surface area contributed by atoms with E-state index in [0.29, 0.717) is 5.56 Å². The van der Waals surface area contributed by atoms with Crippen LogP contribution in [0, 0.1) is 0 Å². The third kappa shape index (κ3) is 3.51. The van der Waals surface area contributed by atoms with Crippen LogP contribution in [-0.4, -0.2) is 35.1 Å². The van der Waals surface area contributed by atoms with Gasteiger partial charge >= 0.3 is 11.9 Å². The highest BCUT2D eigenvalue weighted by Gasteiger charge is 2.32. The summed E-state index contributed by atoms with van der Waals surface area (Å²) in [6.07, 6.45) is 0. The van der Waals surface area contributed by atoms with Crippen molar-refractivity contribution in [1.82, 2.24) is 0 Å². The van der Waals surface area contributed by atoms with E-state index in [1.807, 2.05) is 0 Å².